The Labute approximate surface area is 73.7 Å². The van der Waals surface area contributed by atoms with Gasteiger partial charge in [-0.1, -0.05) is 26.1 Å². The summed E-state index contributed by atoms with van der Waals surface area (Å²) < 4.78 is 0. The maximum absolute atomic E-state index is 5.95. The van der Waals surface area contributed by atoms with Crippen LogP contribution in [0.5, 0.6) is 0 Å². The van der Waals surface area contributed by atoms with Crippen molar-refractivity contribution >= 4 is 17.7 Å². The first-order chi connectivity index (χ1) is 5.06. The number of thiocarbonyl (C=S) groups is 1. The first-order valence-electron chi connectivity index (χ1n) is 4.01. The second-order valence-electron chi connectivity index (χ2n) is 3.96. The van der Waals surface area contributed by atoms with E-state index in [1.54, 1.807) is 5.49 Å². The van der Waals surface area contributed by atoms with Crippen molar-refractivity contribution in [1.82, 2.24) is 4.90 Å². The summed E-state index contributed by atoms with van der Waals surface area (Å²) in [4.78, 5) is 2.17. The monoisotopic (exact) mass is 172 g/mol. The lowest BCUT2D eigenvalue weighted by molar-refractivity contribution is 0.153. The highest BCUT2D eigenvalue weighted by Crippen LogP contribution is 2.26. The zero-order valence-corrected chi connectivity index (χ0v) is 8.03. The fourth-order valence-corrected chi connectivity index (χ4v) is 1.69. The fourth-order valence-electron chi connectivity index (χ4n) is 1.51. The van der Waals surface area contributed by atoms with Gasteiger partial charge in [0.2, 0.25) is 0 Å². The quantitative estimate of drug-likeness (QED) is 0.598. The molecule has 0 spiro atoms. The van der Waals surface area contributed by atoms with Gasteiger partial charge in [0.15, 0.2) is 0 Å². The summed E-state index contributed by atoms with van der Waals surface area (Å²) in [5.74, 6) is 0. The number of hydrogen-bond donors (Lipinski definition) is 1. The normalized spacial score (nSPS) is 30.1. The molecule has 0 aromatic rings. The Morgan fingerprint density at radius 1 is 1.64 bits per heavy atom. The van der Waals surface area contributed by atoms with E-state index in [2.05, 4.69) is 18.7 Å². The molecular weight excluding hydrogens is 156 g/mol. The summed E-state index contributed by atoms with van der Waals surface area (Å²) in [6.07, 6.45) is 1.06. The zero-order valence-electron chi connectivity index (χ0n) is 7.21. The molecule has 1 fully saturated rings. The average molecular weight is 172 g/mol. The Morgan fingerprint density at radius 2 is 2.27 bits per heavy atom. The van der Waals surface area contributed by atoms with Gasteiger partial charge in [-0.25, -0.2) is 0 Å². The van der Waals surface area contributed by atoms with Gasteiger partial charge in [-0.2, -0.15) is 0 Å². The average Bonchev–Trinajstić information content (AvgIpc) is 1.95. The molecule has 1 saturated heterocycles. The van der Waals surface area contributed by atoms with Crippen LogP contribution in [0.3, 0.4) is 0 Å². The Balaban J connectivity index is 2.58. The standard InChI is InChI=1S/C8H16N2S/c1-8(2)5-10(6-11)4-3-7(8)9/h6-7H,3-5,9H2,1-2H3. The van der Waals surface area contributed by atoms with E-state index < -0.39 is 0 Å². The number of nitrogens with zero attached hydrogens (tertiary/aromatic N) is 1. The molecule has 11 heavy (non-hydrogen) atoms. The molecule has 1 aliphatic rings. The summed E-state index contributed by atoms with van der Waals surface area (Å²) in [6.45, 7) is 6.41. The Kier molecular flexibility index (Phi) is 2.50. The molecule has 1 rings (SSSR count). The topological polar surface area (TPSA) is 29.3 Å². The van der Waals surface area contributed by atoms with E-state index in [1.165, 1.54) is 0 Å². The summed E-state index contributed by atoms with van der Waals surface area (Å²) in [7, 11) is 0. The third kappa shape index (κ3) is 1.91. The first kappa shape index (κ1) is 8.94. The van der Waals surface area contributed by atoms with Crippen LogP contribution in [-0.4, -0.2) is 29.5 Å². The Hall–Kier alpha value is -0.150. The number of rotatable bonds is 1. The Morgan fingerprint density at radius 3 is 2.73 bits per heavy atom. The van der Waals surface area contributed by atoms with E-state index in [0.29, 0.717) is 6.04 Å². The van der Waals surface area contributed by atoms with Crippen LogP contribution in [0.15, 0.2) is 0 Å². The third-order valence-electron chi connectivity index (χ3n) is 2.49. The van der Waals surface area contributed by atoms with Crippen LogP contribution in [0.2, 0.25) is 0 Å². The molecular formula is C8H16N2S. The SMILES string of the molecule is CC1(C)CN(C=S)CCC1N. The van der Waals surface area contributed by atoms with Crippen LogP contribution in [-0.2, 0) is 0 Å². The predicted molar refractivity (Wildman–Crippen MR) is 51.6 cm³/mol. The number of likely N-dealkylation sites (tertiary alicyclic amines) is 1. The first-order valence-corrected chi connectivity index (χ1v) is 4.48. The second-order valence-corrected chi connectivity index (χ2v) is 4.17. The van der Waals surface area contributed by atoms with Gasteiger partial charge in [-0.05, 0) is 11.8 Å². The van der Waals surface area contributed by atoms with Crippen LogP contribution < -0.4 is 5.73 Å². The van der Waals surface area contributed by atoms with E-state index in [9.17, 15) is 0 Å². The molecule has 2 nitrogen and oxygen atoms in total. The fraction of sp³-hybridized carbons (Fsp3) is 0.875. The predicted octanol–water partition coefficient (Wildman–Crippen LogP) is 1.00. The van der Waals surface area contributed by atoms with Crippen molar-refractivity contribution in [3.8, 4) is 0 Å². The van der Waals surface area contributed by atoms with Gasteiger partial charge in [0.25, 0.3) is 0 Å². The van der Waals surface area contributed by atoms with Crippen molar-refractivity contribution in [1.29, 1.82) is 0 Å². The molecule has 1 atom stereocenters. The molecule has 0 radical (unpaired) electrons. The van der Waals surface area contributed by atoms with Crippen LogP contribution in [0.1, 0.15) is 20.3 Å². The van der Waals surface area contributed by atoms with Gasteiger partial charge < -0.3 is 10.6 Å². The van der Waals surface area contributed by atoms with E-state index >= 15 is 0 Å². The van der Waals surface area contributed by atoms with E-state index in [-0.39, 0.29) is 5.41 Å². The lowest BCUT2D eigenvalue weighted by Crippen LogP contribution is -2.51. The summed E-state index contributed by atoms with van der Waals surface area (Å²) in [5, 5.41) is 0. The molecule has 1 aliphatic heterocycles. The van der Waals surface area contributed by atoms with Crippen LogP contribution >= 0.6 is 12.2 Å². The number of hydrogen-bond acceptors (Lipinski definition) is 2. The minimum atomic E-state index is 0.216. The summed E-state index contributed by atoms with van der Waals surface area (Å²) >= 11 is 4.87. The molecule has 0 aliphatic carbocycles. The van der Waals surface area contributed by atoms with Gasteiger partial charge in [-0.15, -0.1) is 0 Å². The molecule has 64 valence electrons. The van der Waals surface area contributed by atoms with Gasteiger partial charge in [0, 0.05) is 19.1 Å². The summed E-state index contributed by atoms with van der Waals surface area (Å²) in [6, 6.07) is 0.327. The van der Waals surface area contributed by atoms with Gasteiger partial charge >= 0.3 is 0 Å². The lowest BCUT2D eigenvalue weighted by Gasteiger charge is -2.41. The Bertz CT molecular complexity index is 156. The molecule has 2 N–H and O–H groups in total. The molecule has 1 unspecified atom stereocenters. The largest absolute Gasteiger partial charge is 0.368 e. The van der Waals surface area contributed by atoms with Crippen LogP contribution in [0.25, 0.3) is 0 Å². The van der Waals surface area contributed by atoms with E-state index in [0.717, 1.165) is 19.5 Å². The van der Waals surface area contributed by atoms with Gasteiger partial charge in [0.05, 0.1) is 5.49 Å². The highest BCUT2D eigenvalue weighted by molar-refractivity contribution is 7.78. The molecule has 0 saturated carbocycles. The number of nitrogens with two attached hydrogens (primary N) is 1. The van der Waals surface area contributed by atoms with Gasteiger partial charge in [0.1, 0.15) is 0 Å². The van der Waals surface area contributed by atoms with Crippen molar-refractivity contribution in [3.05, 3.63) is 0 Å². The van der Waals surface area contributed by atoms with Crippen molar-refractivity contribution in [2.45, 2.75) is 26.3 Å². The maximum Gasteiger partial charge on any atom is 0.0641 e. The summed E-state index contributed by atoms with van der Waals surface area (Å²) in [5.41, 5.74) is 7.91. The van der Waals surface area contributed by atoms with E-state index in [4.69, 9.17) is 18.0 Å². The molecule has 0 aromatic carbocycles. The number of piperidine rings is 1. The molecule has 0 aromatic heterocycles. The highest BCUT2D eigenvalue weighted by Gasteiger charge is 2.32. The third-order valence-corrected chi connectivity index (χ3v) is 2.79. The van der Waals surface area contributed by atoms with E-state index in [1.807, 2.05) is 0 Å². The van der Waals surface area contributed by atoms with Crippen molar-refractivity contribution in [3.63, 3.8) is 0 Å². The smallest absolute Gasteiger partial charge is 0.0641 e. The van der Waals surface area contributed by atoms with Crippen LogP contribution in [0, 0.1) is 5.41 Å². The minimum absolute atomic E-state index is 0.216. The van der Waals surface area contributed by atoms with Crippen molar-refractivity contribution in [2.75, 3.05) is 13.1 Å². The molecule has 3 heteroatoms. The zero-order chi connectivity index (χ0) is 8.48. The minimum Gasteiger partial charge on any atom is -0.368 e. The van der Waals surface area contributed by atoms with Crippen molar-refractivity contribution in [2.24, 2.45) is 11.1 Å². The molecule has 0 bridgehead atoms. The second kappa shape index (κ2) is 3.07. The molecule has 1 heterocycles. The highest BCUT2D eigenvalue weighted by atomic mass is 32.1. The molecule has 0 amide bonds. The van der Waals surface area contributed by atoms with Gasteiger partial charge in [-0.3, -0.25) is 0 Å². The lowest BCUT2D eigenvalue weighted by atomic mass is 9.80. The van der Waals surface area contributed by atoms with Crippen LogP contribution in [0.4, 0.5) is 0 Å². The maximum atomic E-state index is 5.95. The van der Waals surface area contributed by atoms with Crippen molar-refractivity contribution < 1.29 is 0 Å².